The van der Waals surface area contributed by atoms with E-state index < -0.39 is 98.9 Å². The second-order valence-corrected chi connectivity index (χ2v) is 12.1. The molecule has 0 radical (unpaired) electrons. The van der Waals surface area contributed by atoms with Crippen LogP contribution in [0.3, 0.4) is 0 Å². The number of alkyl halides is 6. The van der Waals surface area contributed by atoms with E-state index in [1.807, 2.05) is 0 Å². The van der Waals surface area contributed by atoms with Gasteiger partial charge in [0.15, 0.2) is 0 Å². The van der Waals surface area contributed by atoms with Crippen LogP contribution in [-0.4, -0.2) is 23.1 Å². The standard InChI is InChI=1S/C32H22Cl4F6N2O7/c1-3-9-49-29-21(43(45)46)5-7-23(27(29)25-17(33)11-15(12-18(25)34)31(37,38)39)51-24-8-6-22(44(47)48)30(50-10-4-2)28(24)26-19(35)13-16(14-20(26)36)32(40,41)42/h5-8,11-14H,3-4,9-10H2,1-2H3. The first-order chi connectivity index (χ1) is 23.8. The van der Waals surface area contributed by atoms with Crippen molar-refractivity contribution in [1.29, 1.82) is 0 Å². The summed E-state index contributed by atoms with van der Waals surface area (Å²) in [5, 5.41) is 21.8. The summed E-state index contributed by atoms with van der Waals surface area (Å²) < 4.78 is 99.5. The SMILES string of the molecule is CCCOc1c([N+](=O)[O-])ccc(Oc2ccc([N+](=O)[O-])c(OCCC)c2-c2c(Cl)cc(C(F)(F)F)cc2Cl)c1-c1c(Cl)cc(C(F)(F)F)cc1Cl. The minimum atomic E-state index is -4.89. The summed E-state index contributed by atoms with van der Waals surface area (Å²) in [6, 6.07) is 6.10. The Hall–Kier alpha value is -4.18. The summed E-state index contributed by atoms with van der Waals surface area (Å²) in [5.74, 6) is -1.82. The maximum absolute atomic E-state index is 13.6. The van der Waals surface area contributed by atoms with E-state index in [2.05, 4.69) is 0 Å². The van der Waals surface area contributed by atoms with Crippen molar-refractivity contribution >= 4 is 57.8 Å². The zero-order chi connectivity index (χ0) is 38.0. The van der Waals surface area contributed by atoms with Crippen molar-refractivity contribution in [3.63, 3.8) is 0 Å². The van der Waals surface area contributed by atoms with Gasteiger partial charge in [0.2, 0.25) is 11.5 Å². The lowest BCUT2D eigenvalue weighted by Crippen LogP contribution is -2.07. The second kappa shape index (κ2) is 15.6. The summed E-state index contributed by atoms with van der Waals surface area (Å²) in [4.78, 5) is 22.6. The molecule has 0 heterocycles. The van der Waals surface area contributed by atoms with Gasteiger partial charge >= 0.3 is 23.7 Å². The average molecular weight is 802 g/mol. The molecule has 9 nitrogen and oxygen atoms in total. The van der Waals surface area contributed by atoms with Gasteiger partial charge < -0.3 is 14.2 Å². The largest absolute Gasteiger partial charge is 0.486 e. The maximum Gasteiger partial charge on any atom is 0.416 e. The highest BCUT2D eigenvalue weighted by atomic mass is 35.5. The van der Waals surface area contributed by atoms with E-state index in [0.717, 1.165) is 24.3 Å². The smallest absolute Gasteiger partial charge is 0.416 e. The average Bonchev–Trinajstić information content (AvgIpc) is 3.02. The lowest BCUT2D eigenvalue weighted by atomic mass is 9.98. The number of benzene rings is 4. The van der Waals surface area contributed by atoms with Crippen LogP contribution in [0.4, 0.5) is 37.7 Å². The number of rotatable bonds is 12. The molecule has 0 aliphatic rings. The van der Waals surface area contributed by atoms with Gasteiger partial charge in [-0.15, -0.1) is 0 Å². The molecule has 51 heavy (non-hydrogen) atoms. The molecule has 4 rings (SSSR count). The minimum Gasteiger partial charge on any atom is -0.486 e. The van der Waals surface area contributed by atoms with Gasteiger partial charge in [-0.3, -0.25) is 20.2 Å². The van der Waals surface area contributed by atoms with Crippen LogP contribution < -0.4 is 14.2 Å². The van der Waals surface area contributed by atoms with Crippen molar-refractivity contribution in [1.82, 2.24) is 0 Å². The summed E-state index contributed by atoms with van der Waals surface area (Å²) in [5.41, 5.74) is -5.37. The zero-order valence-electron chi connectivity index (χ0n) is 26.0. The molecule has 272 valence electrons. The molecule has 0 aromatic heterocycles. The lowest BCUT2D eigenvalue weighted by Gasteiger charge is -2.22. The molecule has 0 saturated carbocycles. The quantitative estimate of drug-likeness (QED) is 0.0796. The molecule has 0 amide bonds. The summed E-state index contributed by atoms with van der Waals surface area (Å²) in [6.45, 7) is 3.06. The van der Waals surface area contributed by atoms with Gasteiger partial charge in [0.25, 0.3) is 0 Å². The Balaban J connectivity index is 2.14. The molecule has 0 atom stereocenters. The van der Waals surface area contributed by atoms with Gasteiger partial charge in [-0.05, 0) is 49.2 Å². The van der Waals surface area contributed by atoms with Gasteiger partial charge in [-0.2, -0.15) is 26.3 Å². The molecule has 0 bridgehead atoms. The molecular formula is C32H22Cl4F6N2O7. The first-order valence-electron chi connectivity index (χ1n) is 14.5. The third-order valence-electron chi connectivity index (χ3n) is 6.95. The van der Waals surface area contributed by atoms with Crippen molar-refractivity contribution in [2.75, 3.05) is 13.2 Å². The van der Waals surface area contributed by atoms with E-state index in [0.29, 0.717) is 37.1 Å². The number of ether oxygens (including phenoxy) is 3. The van der Waals surface area contributed by atoms with Gasteiger partial charge in [-0.1, -0.05) is 60.3 Å². The first kappa shape index (κ1) is 39.6. The van der Waals surface area contributed by atoms with Gasteiger partial charge in [-0.25, -0.2) is 0 Å². The van der Waals surface area contributed by atoms with Crippen LogP contribution in [0.2, 0.25) is 20.1 Å². The molecule has 0 aliphatic carbocycles. The third kappa shape index (κ3) is 8.49. The number of hydrogen-bond acceptors (Lipinski definition) is 7. The van der Waals surface area contributed by atoms with Crippen LogP contribution in [0, 0.1) is 20.2 Å². The van der Waals surface area contributed by atoms with Crippen molar-refractivity contribution in [2.45, 2.75) is 39.0 Å². The highest BCUT2D eigenvalue weighted by molar-refractivity contribution is 6.40. The van der Waals surface area contributed by atoms with E-state index in [-0.39, 0.29) is 24.3 Å². The van der Waals surface area contributed by atoms with Crippen molar-refractivity contribution < 1.29 is 50.4 Å². The first-order valence-corrected chi connectivity index (χ1v) is 16.0. The Morgan fingerprint density at radius 3 is 1.16 bits per heavy atom. The highest BCUT2D eigenvalue weighted by Crippen LogP contribution is 2.55. The van der Waals surface area contributed by atoms with E-state index in [4.69, 9.17) is 60.6 Å². The predicted octanol–water partition coefficient (Wildman–Crippen LogP) is 12.9. The van der Waals surface area contributed by atoms with Gasteiger partial charge in [0.1, 0.15) is 11.5 Å². The molecule has 4 aromatic carbocycles. The number of halogens is 10. The predicted molar refractivity (Wildman–Crippen MR) is 179 cm³/mol. The fraction of sp³-hybridized carbons (Fsp3) is 0.250. The van der Waals surface area contributed by atoms with Crippen LogP contribution in [0.1, 0.15) is 37.8 Å². The van der Waals surface area contributed by atoms with E-state index in [9.17, 15) is 46.6 Å². The summed E-state index contributed by atoms with van der Waals surface area (Å²) in [7, 11) is 0. The molecule has 0 unspecified atom stereocenters. The van der Waals surface area contributed by atoms with Crippen LogP contribution in [0.15, 0.2) is 48.5 Å². The third-order valence-corrected chi connectivity index (χ3v) is 8.14. The van der Waals surface area contributed by atoms with Gasteiger partial charge in [0.05, 0.1) is 65.4 Å². The fourth-order valence-corrected chi connectivity index (χ4v) is 6.16. The number of hydrogen-bond donors (Lipinski definition) is 0. The number of nitro benzene ring substituents is 2. The van der Waals surface area contributed by atoms with E-state index in [1.165, 1.54) is 0 Å². The number of nitro groups is 2. The Morgan fingerprint density at radius 2 is 0.902 bits per heavy atom. The van der Waals surface area contributed by atoms with Crippen LogP contribution >= 0.6 is 46.4 Å². The Morgan fingerprint density at radius 1 is 0.588 bits per heavy atom. The van der Waals surface area contributed by atoms with Crippen LogP contribution in [0.25, 0.3) is 22.3 Å². The normalized spacial score (nSPS) is 11.8. The second-order valence-electron chi connectivity index (χ2n) is 10.5. The van der Waals surface area contributed by atoms with E-state index >= 15 is 0 Å². The topological polar surface area (TPSA) is 114 Å². The molecule has 0 saturated heterocycles. The van der Waals surface area contributed by atoms with Crippen molar-refractivity contribution in [3.05, 3.63) is 100.0 Å². The Labute approximate surface area is 304 Å². The molecule has 0 fully saturated rings. The number of nitrogens with zero attached hydrogens (tertiary/aromatic N) is 2. The van der Waals surface area contributed by atoms with Crippen LogP contribution in [-0.2, 0) is 12.4 Å². The molecular weight excluding hydrogens is 780 g/mol. The van der Waals surface area contributed by atoms with E-state index in [1.54, 1.807) is 13.8 Å². The van der Waals surface area contributed by atoms with Crippen LogP contribution in [0.5, 0.6) is 23.0 Å². The maximum atomic E-state index is 13.6. The highest BCUT2D eigenvalue weighted by Gasteiger charge is 2.37. The lowest BCUT2D eigenvalue weighted by molar-refractivity contribution is -0.385. The van der Waals surface area contributed by atoms with Crippen molar-refractivity contribution in [3.8, 4) is 45.3 Å². The monoisotopic (exact) mass is 800 g/mol. The molecule has 0 N–H and O–H groups in total. The fourth-order valence-electron chi connectivity index (χ4n) is 4.81. The summed E-state index contributed by atoms with van der Waals surface area (Å²) >= 11 is 25.4. The molecule has 0 aliphatic heterocycles. The molecule has 0 spiro atoms. The molecule has 19 heteroatoms. The zero-order valence-corrected chi connectivity index (χ0v) is 29.0. The Kier molecular flexibility index (Phi) is 12.1. The van der Waals surface area contributed by atoms with Gasteiger partial charge in [0, 0.05) is 23.3 Å². The minimum absolute atomic E-state index is 0.137. The van der Waals surface area contributed by atoms with Crippen molar-refractivity contribution in [2.24, 2.45) is 0 Å². The summed E-state index contributed by atoms with van der Waals surface area (Å²) in [6.07, 6.45) is -9.16. The molecule has 4 aromatic rings. The Bertz CT molecular complexity index is 1820.